The number of hydrogen-bond acceptors (Lipinski definition) is 6. The Hall–Kier alpha value is -2.51. The van der Waals surface area contributed by atoms with E-state index in [0.29, 0.717) is 38.8 Å². The van der Waals surface area contributed by atoms with Gasteiger partial charge in [0.25, 0.3) is 0 Å². The number of carbonyl (C=O) groups excluding carboxylic acids is 1. The Bertz CT molecular complexity index is 704. The summed E-state index contributed by atoms with van der Waals surface area (Å²) in [4.78, 5) is 21.8. The number of carbonyl (C=O) groups is 1. The van der Waals surface area contributed by atoms with Crippen molar-refractivity contribution in [3.05, 3.63) is 35.2 Å². The van der Waals surface area contributed by atoms with Crippen molar-refractivity contribution in [1.82, 2.24) is 20.0 Å². The fourth-order valence-corrected chi connectivity index (χ4v) is 2.98. The van der Waals surface area contributed by atoms with E-state index >= 15 is 0 Å². The zero-order valence-electron chi connectivity index (χ0n) is 14.4. The van der Waals surface area contributed by atoms with Gasteiger partial charge in [-0.25, -0.2) is 14.4 Å². The third-order valence-electron chi connectivity index (χ3n) is 4.43. The van der Waals surface area contributed by atoms with Crippen molar-refractivity contribution in [2.75, 3.05) is 13.1 Å². The van der Waals surface area contributed by atoms with Crippen molar-refractivity contribution in [1.29, 1.82) is 0 Å². The van der Waals surface area contributed by atoms with E-state index in [-0.39, 0.29) is 18.0 Å². The molecule has 1 fully saturated rings. The lowest BCUT2D eigenvalue weighted by Gasteiger charge is -2.31. The molecule has 3 rings (SSSR count). The minimum atomic E-state index is -0.494. The zero-order chi connectivity index (χ0) is 17.8. The molecule has 0 aromatic carbocycles. The third kappa shape index (κ3) is 4.32. The Labute approximate surface area is 145 Å². The molecule has 0 aliphatic carbocycles. The summed E-state index contributed by atoms with van der Waals surface area (Å²) >= 11 is 0. The second-order valence-electron chi connectivity index (χ2n) is 6.18. The van der Waals surface area contributed by atoms with E-state index in [1.165, 1.54) is 0 Å². The SMILES string of the molecule is Cc1noc(C)c1CCC(=O)N1CCC(Oc2ncc(F)cn2)CC1. The summed E-state index contributed by atoms with van der Waals surface area (Å²) in [6, 6.07) is 0.171. The fourth-order valence-electron chi connectivity index (χ4n) is 2.98. The molecule has 0 atom stereocenters. The molecule has 134 valence electrons. The number of aromatic nitrogens is 3. The smallest absolute Gasteiger partial charge is 0.316 e. The van der Waals surface area contributed by atoms with E-state index in [1.807, 2.05) is 18.7 Å². The minimum absolute atomic E-state index is 0.0583. The van der Waals surface area contributed by atoms with Gasteiger partial charge in [-0.1, -0.05) is 5.16 Å². The molecular weight excluding hydrogens is 327 g/mol. The zero-order valence-corrected chi connectivity index (χ0v) is 14.4. The predicted octanol–water partition coefficient (Wildman–Crippen LogP) is 2.22. The van der Waals surface area contributed by atoms with Gasteiger partial charge in [0, 0.05) is 37.9 Å². The average Bonchev–Trinajstić information content (AvgIpc) is 2.93. The molecule has 25 heavy (non-hydrogen) atoms. The highest BCUT2D eigenvalue weighted by molar-refractivity contribution is 5.76. The quantitative estimate of drug-likeness (QED) is 0.824. The highest BCUT2D eigenvalue weighted by Gasteiger charge is 2.24. The van der Waals surface area contributed by atoms with Crippen molar-refractivity contribution in [2.45, 2.75) is 45.6 Å². The van der Waals surface area contributed by atoms with Crippen LogP contribution < -0.4 is 4.74 Å². The van der Waals surface area contributed by atoms with E-state index in [0.717, 1.165) is 29.4 Å². The van der Waals surface area contributed by atoms with Gasteiger partial charge in [-0.05, 0) is 20.3 Å². The number of hydrogen-bond donors (Lipinski definition) is 0. The van der Waals surface area contributed by atoms with Gasteiger partial charge in [0.2, 0.25) is 5.91 Å². The topological polar surface area (TPSA) is 81.4 Å². The summed E-state index contributed by atoms with van der Waals surface area (Å²) in [5, 5.41) is 3.91. The molecule has 7 nitrogen and oxygen atoms in total. The van der Waals surface area contributed by atoms with Crippen LogP contribution in [0, 0.1) is 19.7 Å². The van der Waals surface area contributed by atoms with Crippen LogP contribution in [0.15, 0.2) is 16.9 Å². The van der Waals surface area contributed by atoms with Crippen molar-refractivity contribution in [3.8, 4) is 6.01 Å². The number of piperidine rings is 1. The summed E-state index contributed by atoms with van der Waals surface area (Å²) < 4.78 is 23.6. The predicted molar refractivity (Wildman–Crippen MR) is 86.5 cm³/mol. The van der Waals surface area contributed by atoms with Gasteiger partial charge in [0.05, 0.1) is 18.1 Å². The first-order valence-electron chi connectivity index (χ1n) is 8.36. The molecule has 0 N–H and O–H groups in total. The van der Waals surface area contributed by atoms with Crippen LogP contribution in [-0.4, -0.2) is 45.1 Å². The minimum Gasteiger partial charge on any atom is -0.460 e. The Morgan fingerprint density at radius 3 is 2.60 bits per heavy atom. The number of likely N-dealkylation sites (tertiary alicyclic amines) is 1. The van der Waals surface area contributed by atoms with Crippen molar-refractivity contribution in [2.24, 2.45) is 0 Å². The molecule has 0 radical (unpaired) electrons. The van der Waals surface area contributed by atoms with Crippen LogP contribution in [0.2, 0.25) is 0 Å². The van der Waals surface area contributed by atoms with E-state index in [4.69, 9.17) is 9.26 Å². The van der Waals surface area contributed by atoms with E-state index in [9.17, 15) is 9.18 Å². The van der Waals surface area contributed by atoms with Gasteiger partial charge in [0.15, 0.2) is 5.82 Å². The second kappa shape index (κ2) is 7.58. The van der Waals surface area contributed by atoms with Crippen molar-refractivity contribution in [3.63, 3.8) is 0 Å². The first kappa shape index (κ1) is 17.3. The molecule has 2 aromatic rings. The van der Waals surface area contributed by atoms with E-state index < -0.39 is 5.82 Å². The van der Waals surface area contributed by atoms with Crippen LogP contribution in [0.5, 0.6) is 6.01 Å². The molecular formula is C17H21FN4O3. The monoisotopic (exact) mass is 348 g/mol. The number of aryl methyl sites for hydroxylation is 2. The highest BCUT2D eigenvalue weighted by Crippen LogP contribution is 2.18. The third-order valence-corrected chi connectivity index (χ3v) is 4.43. The lowest BCUT2D eigenvalue weighted by molar-refractivity contribution is -0.133. The molecule has 1 aliphatic rings. The molecule has 1 saturated heterocycles. The van der Waals surface area contributed by atoms with Gasteiger partial charge >= 0.3 is 6.01 Å². The van der Waals surface area contributed by atoms with E-state index in [2.05, 4.69) is 15.1 Å². The maximum absolute atomic E-state index is 12.8. The summed E-state index contributed by atoms with van der Waals surface area (Å²) in [5.41, 5.74) is 1.86. The second-order valence-corrected chi connectivity index (χ2v) is 6.18. The van der Waals surface area contributed by atoms with E-state index in [1.54, 1.807) is 0 Å². The Kier molecular flexibility index (Phi) is 5.25. The summed E-state index contributed by atoms with van der Waals surface area (Å²) in [6.07, 6.45) is 4.59. The summed E-state index contributed by atoms with van der Waals surface area (Å²) in [5.74, 6) is 0.402. The number of rotatable bonds is 5. The fraction of sp³-hybridized carbons (Fsp3) is 0.529. The van der Waals surface area contributed by atoms with Gasteiger partial charge in [0.1, 0.15) is 11.9 Å². The Balaban J connectivity index is 1.45. The summed E-state index contributed by atoms with van der Waals surface area (Å²) in [7, 11) is 0. The normalized spacial score (nSPS) is 15.4. The Morgan fingerprint density at radius 1 is 1.32 bits per heavy atom. The maximum Gasteiger partial charge on any atom is 0.316 e. The molecule has 0 unspecified atom stereocenters. The van der Waals surface area contributed by atoms with Crippen LogP contribution in [0.4, 0.5) is 4.39 Å². The van der Waals surface area contributed by atoms with Crippen molar-refractivity contribution < 1.29 is 18.4 Å². The van der Waals surface area contributed by atoms with Gasteiger partial charge in [-0.3, -0.25) is 4.79 Å². The van der Waals surface area contributed by atoms with Crippen LogP contribution in [-0.2, 0) is 11.2 Å². The first-order chi connectivity index (χ1) is 12.0. The molecule has 0 saturated carbocycles. The lowest BCUT2D eigenvalue weighted by Crippen LogP contribution is -2.42. The molecule has 2 aromatic heterocycles. The van der Waals surface area contributed by atoms with Crippen LogP contribution in [0.25, 0.3) is 0 Å². The molecule has 1 aliphatic heterocycles. The molecule has 3 heterocycles. The molecule has 8 heteroatoms. The van der Waals surface area contributed by atoms with Crippen LogP contribution in [0.1, 0.15) is 36.3 Å². The highest BCUT2D eigenvalue weighted by atomic mass is 19.1. The standard InChI is InChI=1S/C17H21FN4O3/c1-11-15(12(2)25-21-11)3-4-16(23)22-7-5-14(6-8-22)24-17-19-9-13(18)10-20-17/h9-10,14H,3-8H2,1-2H3. The van der Waals surface area contributed by atoms with Crippen LogP contribution in [0.3, 0.4) is 0 Å². The summed E-state index contributed by atoms with van der Waals surface area (Å²) in [6.45, 7) is 5.01. The number of nitrogens with zero attached hydrogens (tertiary/aromatic N) is 4. The molecule has 1 amide bonds. The number of amides is 1. The lowest BCUT2D eigenvalue weighted by atomic mass is 10.0. The van der Waals surface area contributed by atoms with Gasteiger partial charge in [-0.15, -0.1) is 0 Å². The molecule has 0 bridgehead atoms. The van der Waals surface area contributed by atoms with Crippen LogP contribution >= 0.6 is 0 Å². The first-order valence-corrected chi connectivity index (χ1v) is 8.36. The van der Waals surface area contributed by atoms with Gasteiger partial charge in [-0.2, -0.15) is 0 Å². The van der Waals surface area contributed by atoms with Gasteiger partial charge < -0.3 is 14.2 Å². The Morgan fingerprint density at radius 2 is 2.00 bits per heavy atom. The molecule has 0 spiro atoms. The average molecular weight is 348 g/mol. The van der Waals surface area contributed by atoms with Crippen molar-refractivity contribution >= 4 is 5.91 Å². The number of ether oxygens (including phenoxy) is 1. The largest absolute Gasteiger partial charge is 0.460 e. The number of halogens is 1. The maximum atomic E-state index is 12.8.